The fourth-order valence-electron chi connectivity index (χ4n) is 3.09. The molecular weight excluding hydrogens is 258 g/mol. The molecule has 0 saturated carbocycles. The van der Waals surface area contributed by atoms with Crippen molar-refractivity contribution in [3.05, 3.63) is 35.5 Å². The number of aryl methyl sites for hydroxylation is 2. The van der Waals surface area contributed by atoms with Gasteiger partial charge in [0.2, 0.25) is 0 Å². The highest BCUT2D eigenvalue weighted by Gasteiger charge is 2.12. The van der Waals surface area contributed by atoms with Gasteiger partial charge in [0.1, 0.15) is 0 Å². The van der Waals surface area contributed by atoms with Gasteiger partial charge in [-0.3, -0.25) is 0 Å². The van der Waals surface area contributed by atoms with E-state index in [1.165, 1.54) is 22.2 Å². The second kappa shape index (κ2) is 7.10. The van der Waals surface area contributed by atoms with Gasteiger partial charge in [-0.25, -0.2) is 0 Å². The number of para-hydroxylation sites is 1. The number of hydrogen-bond acceptors (Lipinski definition) is 2. The zero-order chi connectivity index (χ0) is 15.4. The maximum atomic E-state index is 3.68. The monoisotopic (exact) mass is 287 g/mol. The summed E-state index contributed by atoms with van der Waals surface area (Å²) in [5, 5.41) is 5.05. The minimum atomic E-state index is 0.502. The van der Waals surface area contributed by atoms with E-state index in [0.29, 0.717) is 6.04 Å². The van der Waals surface area contributed by atoms with E-state index in [-0.39, 0.29) is 0 Å². The first-order valence-corrected chi connectivity index (χ1v) is 8.07. The summed E-state index contributed by atoms with van der Waals surface area (Å²) in [5.41, 5.74) is 4.11. The first kappa shape index (κ1) is 16.1. The zero-order valence-corrected chi connectivity index (χ0v) is 14.1. The first-order valence-electron chi connectivity index (χ1n) is 8.07. The quantitative estimate of drug-likeness (QED) is 0.843. The van der Waals surface area contributed by atoms with Crippen LogP contribution in [0, 0.1) is 6.92 Å². The van der Waals surface area contributed by atoms with Crippen molar-refractivity contribution >= 4 is 10.9 Å². The second-order valence-electron chi connectivity index (χ2n) is 5.92. The van der Waals surface area contributed by atoms with Gasteiger partial charge in [-0.1, -0.05) is 32.0 Å². The van der Waals surface area contributed by atoms with Crippen molar-refractivity contribution in [3.63, 3.8) is 0 Å². The average molecular weight is 287 g/mol. The van der Waals surface area contributed by atoms with E-state index < -0.39 is 0 Å². The number of nitrogens with one attached hydrogen (secondary N) is 1. The molecule has 0 spiro atoms. The van der Waals surface area contributed by atoms with Crippen molar-refractivity contribution in [2.24, 2.45) is 7.05 Å². The van der Waals surface area contributed by atoms with E-state index in [1.807, 2.05) is 0 Å². The fraction of sp³-hybridized carbons (Fsp3) is 0.556. The lowest BCUT2D eigenvalue weighted by Crippen LogP contribution is -2.39. The molecule has 0 saturated heterocycles. The number of nitrogens with zero attached hydrogens (tertiary/aromatic N) is 2. The molecule has 21 heavy (non-hydrogen) atoms. The zero-order valence-electron chi connectivity index (χ0n) is 14.1. The van der Waals surface area contributed by atoms with E-state index in [4.69, 9.17) is 0 Å². The maximum absolute atomic E-state index is 3.68. The highest BCUT2D eigenvalue weighted by atomic mass is 15.1. The molecule has 1 N–H and O–H groups in total. The highest BCUT2D eigenvalue weighted by molar-refractivity contribution is 5.85. The fourth-order valence-corrected chi connectivity index (χ4v) is 3.09. The van der Waals surface area contributed by atoms with Gasteiger partial charge in [0.05, 0.1) is 0 Å². The third kappa shape index (κ3) is 3.47. The summed E-state index contributed by atoms with van der Waals surface area (Å²) in [6, 6.07) is 9.15. The first-order chi connectivity index (χ1) is 10.1. The Labute approximate surface area is 128 Å². The highest BCUT2D eigenvalue weighted by Crippen LogP contribution is 2.24. The average Bonchev–Trinajstić information content (AvgIpc) is 2.75. The van der Waals surface area contributed by atoms with Crippen molar-refractivity contribution in [1.29, 1.82) is 0 Å². The largest absolute Gasteiger partial charge is 0.346 e. The van der Waals surface area contributed by atoms with Crippen molar-refractivity contribution < 1.29 is 0 Å². The molecule has 3 heteroatoms. The van der Waals surface area contributed by atoms with Crippen LogP contribution < -0.4 is 5.32 Å². The van der Waals surface area contributed by atoms with Crippen molar-refractivity contribution in [3.8, 4) is 0 Å². The van der Waals surface area contributed by atoms with Crippen LogP contribution in [-0.4, -0.2) is 35.1 Å². The van der Waals surface area contributed by atoms with E-state index in [9.17, 15) is 0 Å². The van der Waals surface area contributed by atoms with Crippen LogP contribution in [0.5, 0.6) is 0 Å². The Morgan fingerprint density at radius 2 is 1.86 bits per heavy atom. The Kier molecular flexibility index (Phi) is 5.43. The minimum absolute atomic E-state index is 0.502. The van der Waals surface area contributed by atoms with E-state index >= 15 is 0 Å². The molecule has 1 atom stereocenters. The molecule has 1 aromatic heterocycles. The van der Waals surface area contributed by atoms with Crippen LogP contribution in [0.2, 0.25) is 0 Å². The van der Waals surface area contributed by atoms with Crippen LogP contribution in [-0.2, 0) is 13.6 Å². The lowest BCUT2D eigenvalue weighted by atomic mass is 10.1. The molecule has 0 bridgehead atoms. The predicted octanol–water partition coefficient (Wildman–Crippen LogP) is 3.31. The summed E-state index contributed by atoms with van der Waals surface area (Å²) in [6.45, 7) is 13.2. The van der Waals surface area contributed by atoms with E-state index in [1.54, 1.807) is 0 Å². The van der Waals surface area contributed by atoms with Gasteiger partial charge in [-0.2, -0.15) is 0 Å². The normalized spacial score (nSPS) is 13.2. The summed E-state index contributed by atoms with van der Waals surface area (Å²) >= 11 is 0. The van der Waals surface area contributed by atoms with Crippen LogP contribution in [0.1, 0.15) is 32.0 Å². The summed E-state index contributed by atoms with van der Waals surface area (Å²) < 4.78 is 2.32. The van der Waals surface area contributed by atoms with Gasteiger partial charge in [-0.05, 0) is 38.6 Å². The number of aromatic nitrogens is 1. The Morgan fingerprint density at radius 1 is 1.19 bits per heavy atom. The molecule has 0 radical (unpaired) electrons. The van der Waals surface area contributed by atoms with Gasteiger partial charge in [0.15, 0.2) is 0 Å². The molecule has 0 aliphatic carbocycles. The van der Waals surface area contributed by atoms with Crippen LogP contribution >= 0.6 is 0 Å². The third-order valence-corrected chi connectivity index (χ3v) is 4.55. The lowest BCUT2D eigenvalue weighted by molar-refractivity contribution is 0.270. The Hall–Kier alpha value is -1.32. The molecule has 0 aliphatic rings. The molecule has 2 rings (SSSR count). The number of hydrogen-bond donors (Lipinski definition) is 1. The van der Waals surface area contributed by atoms with Gasteiger partial charge in [0.25, 0.3) is 0 Å². The molecule has 3 nitrogen and oxygen atoms in total. The SMILES string of the molecule is CCN(CC)CC(C)NCc1c(C)c2ccccc2n1C. The molecule has 0 amide bonds. The van der Waals surface area contributed by atoms with Gasteiger partial charge in [-0.15, -0.1) is 0 Å². The van der Waals surface area contributed by atoms with Crippen molar-refractivity contribution in [1.82, 2.24) is 14.8 Å². The third-order valence-electron chi connectivity index (χ3n) is 4.55. The smallest absolute Gasteiger partial charge is 0.0483 e. The molecule has 2 aromatic rings. The molecule has 1 heterocycles. The maximum Gasteiger partial charge on any atom is 0.0483 e. The van der Waals surface area contributed by atoms with Crippen molar-refractivity contribution in [2.45, 2.75) is 40.3 Å². The number of fused-ring (bicyclic) bond motifs is 1. The van der Waals surface area contributed by atoms with E-state index in [2.05, 4.69) is 73.8 Å². The van der Waals surface area contributed by atoms with Crippen LogP contribution in [0.4, 0.5) is 0 Å². The summed E-state index contributed by atoms with van der Waals surface area (Å²) in [4.78, 5) is 2.46. The summed E-state index contributed by atoms with van der Waals surface area (Å²) in [7, 11) is 2.17. The molecule has 1 unspecified atom stereocenters. The Balaban J connectivity index is 2.07. The number of likely N-dealkylation sites (N-methyl/N-ethyl adjacent to an activating group) is 1. The topological polar surface area (TPSA) is 20.2 Å². The molecule has 0 fully saturated rings. The number of rotatable bonds is 7. The van der Waals surface area contributed by atoms with Crippen LogP contribution in [0.15, 0.2) is 24.3 Å². The molecular formula is C18H29N3. The number of benzene rings is 1. The Morgan fingerprint density at radius 3 is 2.48 bits per heavy atom. The predicted molar refractivity (Wildman–Crippen MR) is 91.7 cm³/mol. The standard InChI is InChI=1S/C18H29N3/c1-6-21(7-2)13-14(3)19-12-18-15(4)16-10-8-9-11-17(16)20(18)5/h8-11,14,19H,6-7,12-13H2,1-5H3. The second-order valence-corrected chi connectivity index (χ2v) is 5.92. The summed E-state index contributed by atoms with van der Waals surface area (Å²) in [5.74, 6) is 0. The van der Waals surface area contributed by atoms with Crippen molar-refractivity contribution in [2.75, 3.05) is 19.6 Å². The van der Waals surface area contributed by atoms with Gasteiger partial charge >= 0.3 is 0 Å². The minimum Gasteiger partial charge on any atom is -0.346 e. The molecule has 116 valence electrons. The van der Waals surface area contributed by atoms with Gasteiger partial charge in [0, 0.05) is 42.8 Å². The molecule has 1 aromatic carbocycles. The Bertz CT molecular complexity index is 542. The molecule has 0 aliphatic heterocycles. The summed E-state index contributed by atoms with van der Waals surface area (Å²) in [6.07, 6.45) is 0. The van der Waals surface area contributed by atoms with Crippen LogP contribution in [0.25, 0.3) is 10.9 Å². The van der Waals surface area contributed by atoms with Gasteiger partial charge < -0.3 is 14.8 Å². The lowest BCUT2D eigenvalue weighted by Gasteiger charge is -2.23. The van der Waals surface area contributed by atoms with Crippen LogP contribution in [0.3, 0.4) is 0 Å². The van der Waals surface area contributed by atoms with E-state index in [0.717, 1.165) is 26.2 Å².